The number of likely N-dealkylation sites (tertiary alicyclic amines) is 2. The summed E-state index contributed by atoms with van der Waals surface area (Å²) in [4.78, 5) is 76.7. The van der Waals surface area contributed by atoms with Gasteiger partial charge in [0.2, 0.25) is 17.7 Å². The van der Waals surface area contributed by atoms with Gasteiger partial charge in [-0.2, -0.15) is 12.7 Å². The molecule has 6 aliphatic rings. The van der Waals surface area contributed by atoms with Crippen LogP contribution in [0.25, 0.3) is 0 Å². The maximum Gasteiger partial charge on any atom is 0.303 e. The number of ketones is 2. The monoisotopic (exact) mass is 842 g/mol. The lowest BCUT2D eigenvalue weighted by molar-refractivity contribution is -0.147. The molecule has 13 heteroatoms. The first-order valence-corrected chi connectivity index (χ1v) is 24.5. The summed E-state index contributed by atoms with van der Waals surface area (Å²) in [7, 11) is -4.13. The van der Waals surface area contributed by atoms with Crippen molar-refractivity contribution in [2.45, 2.75) is 170 Å². The van der Waals surface area contributed by atoms with Gasteiger partial charge in [0.1, 0.15) is 0 Å². The van der Waals surface area contributed by atoms with E-state index in [1.165, 1.54) is 4.31 Å². The Morgan fingerprint density at radius 2 is 1.59 bits per heavy atom. The lowest BCUT2D eigenvalue weighted by atomic mass is 9.73. The summed E-state index contributed by atoms with van der Waals surface area (Å²) in [6.07, 6.45) is 12.5. The van der Waals surface area contributed by atoms with E-state index < -0.39 is 44.9 Å². The number of allylic oxidation sites excluding steroid dienone is 1. The van der Waals surface area contributed by atoms with E-state index in [9.17, 15) is 27.6 Å². The van der Waals surface area contributed by atoms with Crippen LogP contribution in [0.5, 0.6) is 0 Å². The minimum absolute atomic E-state index is 0.0106. The van der Waals surface area contributed by atoms with Crippen molar-refractivity contribution in [3.63, 3.8) is 0 Å². The van der Waals surface area contributed by atoms with Crippen LogP contribution >= 0.6 is 0 Å². The maximum atomic E-state index is 15.3. The predicted molar refractivity (Wildman–Crippen MR) is 229 cm³/mol. The zero-order valence-corrected chi connectivity index (χ0v) is 38.3. The zero-order chi connectivity index (χ0) is 43.3. The third-order valence-corrected chi connectivity index (χ3v) is 18.4. The van der Waals surface area contributed by atoms with Crippen LogP contribution in [-0.4, -0.2) is 103 Å². The molecule has 4 saturated carbocycles. The second kappa shape index (κ2) is 16.9. The van der Waals surface area contributed by atoms with E-state index in [4.69, 9.17) is 0 Å². The number of likely N-dealkylation sites (N-methyl/N-ethyl adjacent to an activating group) is 1. The Labute approximate surface area is 355 Å². The summed E-state index contributed by atoms with van der Waals surface area (Å²) in [6.45, 7) is 22.5. The summed E-state index contributed by atoms with van der Waals surface area (Å²) in [5, 5.41) is 3.23. The van der Waals surface area contributed by atoms with Crippen LogP contribution in [0.4, 0.5) is 0 Å². The molecule has 2 N–H and O–H groups in total. The molecule has 2 heterocycles. The first kappa shape index (κ1) is 45.9. The molecule has 59 heavy (non-hydrogen) atoms. The minimum Gasteiger partial charge on any atom is -0.345 e. The Bertz CT molecular complexity index is 1760. The number of fused-ring (bicyclic) bond motifs is 1. The average molecular weight is 842 g/mol. The van der Waals surface area contributed by atoms with E-state index in [-0.39, 0.29) is 83.4 Å². The summed E-state index contributed by atoms with van der Waals surface area (Å²) in [5.41, 5.74) is -2.26. The van der Waals surface area contributed by atoms with E-state index in [0.717, 1.165) is 77.3 Å². The highest BCUT2D eigenvalue weighted by Crippen LogP contribution is 2.88. The van der Waals surface area contributed by atoms with Gasteiger partial charge in [0, 0.05) is 43.8 Å². The van der Waals surface area contributed by atoms with Crippen LogP contribution < -0.4 is 10.0 Å². The molecule has 12 nitrogen and oxygen atoms in total. The molecule has 0 aromatic carbocycles. The molecule has 2 saturated heterocycles. The fraction of sp³-hybridized carbons (Fsp3) is 0.848. The van der Waals surface area contributed by atoms with Crippen LogP contribution in [0.15, 0.2) is 12.7 Å². The summed E-state index contributed by atoms with van der Waals surface area (Å²) in [6, 6.07) is -1.74. The molecule has 0 bridgehead atoms. The van der Waals surface area contributed by atoms with Gasteiger partial charge in [-0.25, -0.2) is 4.72 Å². The highest BCUT2D eigenvalue weighted by atomic mass is 32.2. The quantitative estimate of drug-likeness (QED) is 0.155. The van der Waals surface area contributed by atoms with Crippen molar-refractivity contribution in [3.8, 4) is 0 Å². The van der Waals surface area contributed by atoms with Crippen LogP contribution in [-0.2, 0) is 34.2 Å². The normalized spacial score (nSPS) is 31.1. The maximum absolute atomic E-state index is 15.3. The number of amides is 3. The zero-order valence-electron chi connectivity index (χ0n) is 37.5. The van der Waals surface area contributed by atoms with Crippen molar-refractivity contribution in [2.75, 3.05) is 32.7 Å². The van der Waals surface area contributed by atoms with Crippen molar-refractivity contribution in [3.05, 3.63) is 12.7 Å². The fourth-order valence-electron chi connectivity index (χ4n) is 12.7. The fourth-order valence-corrected chi connectivity index (χ4v) is 14.0. The van der Waals surface area contributed by atoms with Crippen molar-refractivity contribution in [1.82, 2.24) is 24.1 Å². The number of carbonyl (C=O) groups excluding carboxylic acids is 5. The van der Waals surface area contributed by atoms with Gasteiger partial charge < -0.3 is 10.2 Å². The molecule has 0 radical (unpaired) electrons. The smallest absolute Gasteiger partial charge is 0.303 e. The largest absolute Gasteiger partial charge is 0.345 e. The molecule has 4 aliphatic carbocycles. The van der Waals surface area contributed by atoms with Crippen molar-refractivity contribution in [1.29, 1.82) is 0 Å². The molecule has 2 aliphatic heterocycles. The third-order valence-electron chi connectivity index (χ3n) is 16.8. The van der Waals surface area contributed by atoms with Crippen molar-refractivity contribution in [2.24, 2.45) is 44.8 Å². The Morgan fingerprint density at radius 1 is 0.915 bits per heavy atom. The third kappa shape index (κ3) is 8.00. The van der Waals surface area contributed by atoms with Gasteiger partial charge in [0.15, 0.2) is 11.6 Å². The van der Waals surface area contributed by atoms with Gasteiger partial charge >= 0.3 is 10.2 Å². The second-order valence-corrected chi connectivity index (χ2v) is 22.5. The SMILES string of the molecule is C=C[C@@H]1C[C@]1(CC(=O)[C@@H]1C[C@@]2(CN1C(=O)[C@@H](CC(=O)[C@@H](NC(=O)[C@@H]1CCCN1CC)C1CCCCC1)C(C)(C)C)C(C)(C)C21CCC1)C(=O)NS(=O)(=O)N(CC)CCC. The summed E-state index contributed by atoms with van der Waals surface area (Å²) in [5.74, 6) is -2.50. The standard InChI is InChI=1S/C46H75N5O7S/c1-10-24-50(13-4)59(57,58)48-41(56)44(27-32(44)11-2)29-37(53)35-28-46(43(8,9)45(46)22-18-23-45)30-51(35)40(55)33(42(5,6)7)26-36(52)38(31-19-15-14-16-20-31)47-39(54)34-21-17-25-49(34)12-3/h11,31-35,38H,2,10,12-30H2,1,3-9H3,(H,47,54)(H,48,56)/t32-,33-,34+,35+,38+,44-,46-/m1/s1. The Balaban J connectivity index is 1.28. The van der Waals surface area contributed by atoms with Crippen molar-refractivity contribution >= 4 is 39.5 Å². The number of nitrogens with one attached hydrogen (secondary N) is 2. The number of Topliss-reactive ketones (excluding diaryl/α,β-unsaturated/α-hetero) is 2. The van der Waals surface area contributed by atoms with Gasteiger partial charge in [-0.05, 0) is 99.0 Å². The van der Waals surface area contributed by atoms with Crippen LogP contribution in [0.1, 0.15) is 152 Å². The molecule has 3 amide bonds. The average Bonchev–Trinajstić information content (AvgIpc) is 3.68. The molecule has 7 atom stereocenters. The molecule has 6 rings (SSSR count). The lowest BCUT2D eigenvalue weighted by Crippen LogP contribution is -2.54. The number of rotatable bonds is 18. The second-order valence-electron chi connectivity index (χ2n) is 20.9. The van der Waals surface area contributed by atoms with E-state index >= 15 is 4.79 Å². The van der Waals surface area contributed by atoms with Crippen molar-refractivity contribution < 1.29 is 32.4 Å². The number of hydrogen-bond acceptors (Lipinski definition) is 8. The number of nitrogens with zero attached hydrogens (tertiary/aromatic N) is 3. The molecule has 6 fully saturated rings. The first-order chi connectivity index (χ1) is 27.7. The highest BCUT2D eigenvalue weighted by Gasteiger charge is 2.85. The summed E-state index contributed by atoms with van der Waals surface area (Å²) >= 11 is 0. The van der Waals surface area contributed by atoms with Crippen LogP contribution in [0.2, 0.25) is 0 Å². The van der Waals surface area contributed by atoms with E-state index in [1.54, 1.807) is 17.9 Å². The molecule has 332 valence electrons. The van der Waals surface area contributed by atoms with Crippen LogP contribution in [0, 0.1) is 44.8 Å². The summed E-state index contributed by atoms with van der Waals surface area (Å²) < 4.78 is 30.2. The number of carbonyl (C=O) groups is 5. The minimum atomic E-state index is -4.13. The Kier molecular flexibility index (Phi) is 13.1. The Morgan fingerprint density at radius 3 is 2.12 bits per heavy atom. The molecular formula is C46H75N5O7S. The molecule has 0 aromatic heterocycles. The highest BCUT2D eigenvalue weighted by molar-refractivity contribution is 7.87. The van der Waals surface area contributed by atoms with E-state index in [2.05, 4.69) is 42.3 Å². The van der Waals surface area contributed by atoms with Crippen LogP contribution in [0.3, 0.4) is 0 Å². The predicted octanol–water partition coefficient (Wildman–Crippen LogP) is 6.20. The molecule has 2 spiro atoms. The molecule has 0 unspecified atom stereocenters. The Hall–Kier alpha value is -2.64. The van der Waals surface area contributed by atoms with Gasteiger partial charge in [-0.1, -0.05) is 87.1 Å². The number of hydrogen-bond donors (Lipinski definition) is 2. The topological polar surface area (TPSA) is 153 Å². The van der Waals surface area contributed by atoms with Gasteiger partial charge in [-0.15, -0.1) is 6.58 Å². The molecular weight excluding hydrogens is 767 g/mol. The van der Waals surface area contributed by atoms with Gasteiger partial charge in [0.25, 0.3) is 0 Å². The lowest BCUT2D eigenvalue weighted by Gasteiger charge is -2.37. The first-order valence-electron chi connectivity index (χ1n) is 23.1. The van der Waals surface area contributed by atoms with Gasteiger partial charge in [0.05, 0.1) is 23.5 Å². The van der Waals surface area contributed by atoms with E-state index in [0.29, 0.717) is 25.8 Å². The van der Waals surface area contributed by atoms with E-state index in [1.807, 2.05) is 27.7 Å². The molecule has 0 aromatic rings. The van der Waals surface area contributed by atoms with Gasteiger partial charge in [-0.3, -0.25) is 28.9 Å².